The maximum absolute atomic E-state index is 13.3. The molecule has 0 unspecified atom stereocenters. The molecule has 0 saturated heterocycles. The monoisotopic (exact) mass is 451 g/mol. The molecule has 176 valence electrons. The molecule has 0 radical (unpaired) electrons. The van der Waals surface area contributed by atoms with Crippen LogP contribution in [0.4, 0.5) is 10.5 Å². The summed E-state index contributed by atoms with van der Waals surface area (Å²) in [5.74, 6) is -0.103. The molecule has 0 spiro atoms. The number of rotatable bonds is 3. The van der Waals surface area contributed by atoms with Crippen molar-refractivity contribution >= 4 is 17.7 Å². The normalized spacial score (nSPS) is 19.5. The molecule has 7 heteroatoms. The molecule has 33 heavy (non-hydrogen) atoms. The zero-order valence-electron chi connectivity index (χ0n) is 19.8. The van der Waals surface area contributed by atoms with Gasteiger partial charge in [-0.25, -0.2) is 4.79 Å². The predicted molar refractivity (Wildman–Crippen MR) is 127 cm³/mol. The van der Waals surface area contributed by atoms with Crippen LogP contribution in [0, 0.1) is 0 Å². The Kier molecular flexibility index (Phi) is 6.34. The molecule has 7 nitrogen and oxygen atoms in total. The highest BCUT2D eigenvalue weighted by atomic mass is 16.6. The van der Waals surface area contributed by atoms with Gasteiger partial charge in [-0.05, 0) is 50.5 Å². The minimum atomic E-state index is -0.912. The first-order valence-corrected chi connectivity index (χ1v) is 11.5. The van der Waals surface area contributed by atoms with Gasteiger partial charge in [-0.3, -0.25) is 9.69 Å². The Balaban J connectivity index is 1.58. The van der Waals surface area contributed by atoms with E-state index in [1.165, 1.54) is 0 Å². The van der Waals surface area contributed by atoms with Crippen molar-refractivity contribution in [3.63, 3.8) is 0 Å². The molecule has 2 amide bonds. The van der Waals surface area contributed by atoms with E-state index in [0.717, 1.165) is 16.8 Å². The van der Waals surface area contributed by atoms with Crippen molar-refractivity contribution < 1.29 is 19.4 Å². The van der Waals surface area contributed by atoms with Crippen LogP contribution in [0.15, 0.2) is 48.5 Å². The Morgan fingerprint density at radius 1 is 1.09 bits per heavy atom. The highest BCUT2D eigenvalue weighted by Gasteiger charge is 2.38. The first-order chi connectivity index (χ1) is 15.6. The van der Waals surface area contributed by atoms with E-state index in [1.54, 1.807) is 9.80 Å². The van der Waals surface area contributed by atoms with E-state index < -0.39 is 23.8 Å². The van der Waals surface area contributed by atoms with Gasteiger partial charge in [-0.15, -0.1) is 0 Å². The van der Waals surface area contributed by atoms with Gasteiger partial charge in [-0.2, -0.15) is 0 Å². The van der Waals surface area contributed by atoms with E-state index >= 15 is 0 Å². The number of β-amino-alcohol motifs (C(OH)–C–C–N with tert-alkyl or cyclic N) is 1. The summed E-state index contributed by atoms with van der Waals surface area (Å²) in [4.78, 5) is 31.7. The molecule has 0 bridgehead atoms. The summed E-state index contributed by atoms with van der Waals surface area (Å²) in [5, 5.41) is 11.3. The predicted octanol–water partition coefficient (Wildman–Crippen LogP) is 3.30. The van der Waals surface area contributed by atoms with Crippen molar-refractivity contribution in [1.29, 1.82) is 0 Å². The zero-order chi connectivity index (χ0) is 23.8. The molecule has 2 atom stereocenters. The number of benzene rings is 2. The summed E-state index contributed by atoms with van der Waals surface area (Å²) in [5.41, 5.74) is 3.03. The zero-order valence-corrected chi connectivity index (χ0v) is 19.8. The third-order valence-corrected chi connectivity index (χ3v) is 6.31. The molecule has 0 aromatic heterocycles. The average Bonchev–Trinajstić information content (AvgIpc) is 2.89. The van der Waals surface area contributed by atoms with Crippen molar-refractivity contribution in [2.75, 3.05) is 31.6 Å². The summed E-state index contributed by atoms with van der Waals surface area (Å²) >= 11 is 0. The maximum atomic E-state index is 13.3. The molecule has 2 heterocycles. The summed E-state index contributed by atoms with van der Waals surface area (Å²) < 4.78 is 5.65. The number of carbonyl (C=O) groups excluding carboxylic acids is 2. The fourth-order valence-corrected chi connectivity index (χ4v) is 4.58. The van der Waals surface area contributed by atoms with Crippen LogP contribution in [-0.4, -0.2) is 71.3 Å². The minimum absolute atomic E-state index is 0.103. The quantitative estimate of drug-likeness (QED) is 0.775. The molecule has 2 aromatic rings. The summed E-state index contributed by atoms with van der Waals surface area (Å²) in [6, 6.07) is 15.0. The Labute approximate surface area is 195 Å². The van der Waals surface area contributed by atoms with Gasteiger partial charge < -0.3 is 19.6 Å². The largest absolute Gasteiger partial charge is 0.444 e. The molecule has 2 aliphatic heterocycles. The Morgan fingerprint density at radius 3 is 2.48 bits per heavy atom. The number of anilines is 1. The van der Waals surface area contributed by atoms with Gasteiger partial charge in [0.05, 0.1) is 17.7 Å². The number of carbonyl (C=O) groups is 2. The van der Waals surface area contributed by atoms with Gasteiger partial charge in [-0.1, -0.05) is 36.4 Å². The minimum Gasteiger partial charge on any atom is -0.444 e. The van der Waals surface area contributed by atoms with Gasteiger partial charge in [0, 0.05) is 38.9 Å². The standard InChI is InChI=1S/C26H33N3O4/c1-26(2,3)33-25(32)29-16-19-10-6-5-9-18(19)15-22(29)23(30)17-28-14-13-27(4)21-12-8-7-11-20(21)24(28)31/h5-12,22-23,30H,13-17H2,1-4H3/t22-,23+/m0/s1. The third-order valence-electron chi connectivity index (χ3n) is 6.31. The number of likely N-dealkylation sites (N-methyl/N-ethyl adjacent to an activating group) is 1. The second-order valence-electron chi connectivity index (χ2n) is 9.91. The lowest BCUT2D eigenvalue weighted by Crippen LogP contribution is -2.55. The van der Waals surface area contributed by atoms with Crippen LogP contribution in [0.25, 0.3) is 0 Å². The number of para-hydroxylation sites is 1. The van der Waals surface area contributed by atoms with E-state index in [-0.39, 0.29) is 12.5 Å². The average molecular weight is 452 g/mol. The number of ether oxygens (including phenoxy) is 1. The van der Waals surface area contributed by atoms with Crippen molar-refractivity contribution in [2.45, 2.75) is 51.5 Å². The smallest absolute Gasteiger partial charge is 0.410 e. The lowest BCUT2D eigenvalue weighted by molar-refractivity contribution is -0.0176. The van der Waals surface area contributed by atoms with Crippen LogP contribution >= 0.6 is 0 Å². The summed E-state index contributed by atoms with van der Waals surface area (Å²) in [6.45, 7) is 7.17. The van der Waals surface area contributed by atoms with Crippen LogP contribution in [-0.2, 0) is 17.7 Å². The summed E-state index contributed by atoms with van der Waals surface area (Å²) in [6.07, 6.45) is -0.853. The number of amides is 2. The number of aliphatic hydroxyl groups is 1. The van der Waals surface area contributed by atoms with Gasteiger partial charge in [0.15, 0.2) is 0 Å². The van der Waals surface area contributed by atoms with Gasteiger partial charge in [0.2, 0.25) is 0 Å². The Bertz CT molecular complexity index is 1030. The van der Waals surface area contributed by atoms with E-state index in [9.17, 15) is 14.7 Å². The van der Waals surface area contributed by atoms with E-state index in [2.05, 4.69) is 4.90 Å². The molecule has 2 aliphatic rings. The summed E-state index contributed by atoms with van der Waals surface area (Å²) in [7, 11) is 1.97. The topological polar surface area (TPSA) is 73.3 Å². The van der Waals surface area contributed by atoms with Crippen molar-refractivity contribution in [1.82, 2.24) is 9.80 Å². The highest BCUT2D eigenvalue weighted by Crippen LogP contribution is 2.29. The molecular weight excluding hydrogens is 418 g/mol. The molecule has 2 aromatic carbocycles. The first kappa shape index (κ1) is 23.1. The van der Waals surface area contributed by atoms with Gasteiger partial charge >= 0.3 is 6.09 Å². The first-order valence-electron chi connectivity index (χ1n) is 11.5. The van der Waals surface area contributed by atoms with Crippen LogP contribution in [0.5, 0.6) is 0 Å². The Morgan fingerprint density at radius 2 is 1.76 bits per heavy atom. The van der Waals surface area contributed by atoms with Gasteiger partial charge in [0.1, 0.15) is 5.60 Å². The van der Waals surface area contributed by atoms with E-state index in [0.29, 0.717) is 31.6 Å². The van der Waals surface area contributed by atoms with Crippen LogP contribution in [0.1, 0.15) is 42.3 Å². The molecule has 4 rings (SSSR count). The molecule has 0 saturated carbocycles. The lowest BCUT2D eigenvalue weighted by Gasteiger charge is -2.41. The number of hydrogen-bond acceptors (Lipinski definition) is 5. The Hall–Kier alpha value is -3.06. The molecule has 0 aliphatic carbocycles. The number of aliphatic hydroxyl groups excluding tert-OH is 1. The number of fused-ring (bicyclic) bond motifs is 2. The van der Waals surface area contributed by atoms with E-state index in [1.807, 2.05) is 76.3 Å². The molecular formula is C26H33N3O4. The lowest BCUT2D eigenvalue weighted by atomic mass is 9.91. The van der Waals surface area contributed by atoms with Crippen LogP contribution in [0.2, 0.25) is 0 Å². The molecule has 0 fully saturated rings. The number of hydrogen-bond donors (Lipinski definition) is 1. The maximum Gasteiger partial charge on any atom is 0.410 e. The van der Waals surface area contributed by atoms with Crippen molar-refractivity contribution in [3.8, 4) is 0 Å². The highest BCUT2D eigenvalue weighted by molar-refractivity contribution is 6.00. The van der Waals surface area contributed by atoms with Crippen molar-refractivity contribution in [2.24, 2.45) is 0 Å². The fraction of sp³-hybridized carbons (Fsp3) is 0.462. The SMILES string of the molecule is CN1CCN(C[C@@H](O)[C@@H]2Cc3ccccc3CN2C(=O)OC(C)(C)C)C(=O)c2ccccc21. The molecule has 1 N–H and O–H groups in total. The second-order valence-corrected chi connectivity index (χ2v) is 9.91. The van der Waals surface area contributed by atoms with Gasteiger partial charge in [0.25, 0.3) is 5.91 Å². The number of nitrogens with zero attached hydrogens (tertiary/aromatic N) is 3. The second kappa shape index (κ2) is 9.06. The fourth-order valence-electron chi connectivity index (χ4n) is 4.58. The van der Waals surface area contributed by atoms with E-state index in [4.69, 9.17) is 4.74 Å². The van der Waals surface area contributed by atoms with Crippen LogP contribution in [0.3, 0.4) is 0 Å². The third kappa shape index (κ3) is 4.98. The van der Waals surface area contributed by atoms with Crippen molar-refractivity contribution in [3.05, 3.63) is 65.2 Å². The van der Waals surface area contributed by atoms with Crippen LogP contribution < -0.4 is 4.90 Å².